The van der Waals surface area contributed by atoms with Crippen molar-refractivity contribution in [2.24, 2.45) is 0 Å². The molecule has 5 heteroatoms. The first-order valence-electron chi connectivity index (χ1n) is 7.89. The summed E-state index contributed by atoms with van der Waals surface area (Å²) in [5.74, 6) is 0.971. The summed E-state index contributed by atoms with van der Waals surface area (Å²) in [5.41, 5.74) is 4.84. The Balaban J connectivity index is 2.19. The molecule has 0 saturated heterocycles. The number of aryl methyl sites for hydroxylation is 2. The first-order valence-corrected chi connectivity index (χ1v) is 8.27. The highest BCUT2D eigenvalue weighted by molar-refractivity contribution is 6.30. The van der Waals surface area contributed by atoms with E-state index in [1.807, 2.05) is 41.8 Å². The molecule has 3 rings (SSSR count). The highest BCUT2D eigenvalue weighted by Gasteiger charge is 2.16. The van der Waals surface area contributed by atoms with E-state index in [1.165, 1.54) is 0 Å². The molecule has 4 nitrogen and oxygen atoms in total. The lowest BCUT2D eigenvalue weighted by molar-refractivity contribution is 0.748. The Kier molecular flexibility index (Phi) is 4.26. The maximum absolute atomic E-state index is 6.13. The number of nitrogens with one attached hydrogen (secondary N) is 1. The van der Waals surface area contributed by atoms with Crippen molar-refractivity contribution in [1.29, 1.82) is 0 Å². The van der Waals surface area contributed by atoms with E-state index < -0.39 is 0 Å². The number of aromatic nitrogens is 3. The summed E-state index contributed by atoms with van der Waals surface area (Å²) in [4.78, 5) is 4.67. The summed E-state index contributed by atoms with van der Waals surface area (Å²) in [6, 6.07) is 10.2. The van der Waals surface area contributed by atoms with Crippen LogP contribution in [0.4, 0.5) is 5.82 Å². The van der Waals surface area contributed by atoms with E-state index in [2.05, 4.69) is 31.1 Å². The van der Waals surface area contributed by atoms with Gasteiger partial charge in [-0.3, -0.25) is 0 Å². The maximum atomic E-state index is 6.13. The van der Waals surface area contributed by atoms with Gasteiger partial charge in [0.2, 0.25) is 0 Å². The second kappa shape index (κ2) is 6.20. The number of halogens is 1. The van der Waals surface area contributed by atoms with Crippen LogP contribution in [0.25, 0.3) is 16.9 Å². The Hall–Kier alpha value is -2.07. The highest BCUT2D eigenvalue weighted by atomic mass is 35.5. The van der Waals surface area contributed by atoms with Gasteiger partial charge in [0.25, 0.3) is 0 Å². The van der Waals surface area contributed by atoms with Crippen LogP contribution < -0.4 is 5.32 Å². The zero-order valence-electron chi connectivity index (χ0n) is 13.9. The lowest BCUT2D eigenvalue weighted by Gasteiger charge is -2.14. The van der Waals surface area contributed by atoms with E-state index >= 15 is 0 Å². The second-order valence-electron chi connectivity index (χ2n) is 5.96. The van der Waals surface area contributed by atoms with Gasteiger partial charge in [0.1, 0.15) is 5.82 Å². The van der Waals surface area contributed by atoms with Crippen molar-refractivity contribution in [3.63, 3.8) is 0 Å². The Morgan fingerprint density at radius 1 is 1.26 bits per heavy atom. The molecule has 1 aromatic carbocycles. The van der Waals surface area contributed by atoms with Crippen LogP contribution in [0.1, 0.15) is 31.5 Å². The van der Waals surface area contributed by atoms with Gasteiger partial charge in [0.05, 0.1) is 5.69 Å². The maximum Gasteiger partial charge on any atom is 0.161 e. The SMILES string of the molecule is CC[C@@H](C)Nc1cc(C)nc2c(C)c(-c3cccc(Cl)c3)nn12. The highest BCUT2D eigenvalue weighted by Crippen LogP contribution is 2.28. The molecule has 0 unspecified atom stereocenters. The van der Waals surface area contributed by atoms with Crippen LogP contribution in [0, 0.1) is 13.8 Å². The average Bonchev–Trinajstić information content (AvgIpc) is 2.84. The molecule has 1 atom stereocenters. The fourth-order valence-corrected chi connectivity index (χ4v) is 2.80. The molecule has 2 heterocycles. The van der Waals surface area contributed by atoms with Crippen LogP contribution in [0.3, 0.4) is 0 Å². The standard InChI is InChI=1S/C18H21ClN4/c1-5-11(2)20-16-9-12(3)21-18-13(4)17(22-23(16)18)14-7-6-8-15(19)10-14/h6-11,20H,5H2,1-4H3/t11-/m1/s1. The molecule has 120 valence electrons. The summed E-state index contributed by atoms with van der Waals surface area (Å²) in [7, 11) is 0. The van der Waals surface area contributed by atoms with E-state index in [9.17, 15) is 0 Å². The summed E-state index contributed by atoms with van der Waals surface area (Å²) in [5, 5.41) is 9.01. The largest absolute Gasteiger partial charge is 0.367 e. The van der Waals surface area contributed by atoms with Crippen molar-refractivity contribution < 1.29 is 0 Å². The van der Waals surface area contributed by atoms with Gasteiger partial charge in [-0.15, -0.1) is 0 Å². The normalized spacial score (nSPS) is 12.6. The van der Waals surface area contributed by atoms with Gasteiger partial charge in [-0.05, 0) is 39.3 Å². The van der Waals surface area contributed by atoms with Crippen LogP contribution in [-0.2, 0) is 0 Å². The van der Waals surface area contributed by atoms with Crippen molar-refractivity contribution in [2.45, 2.75) is 40.2 Å². The first kappa shape index (κ1) is 15.8. The predicted molar refractivity (Wildman–Crippen MR) is 96.3 cm³/mol. The van der Waals surface area contributed by atoms with E-state index in [1.54, 1.807) is 0 Å². The van der Waals surface area contributed by atoms with Gasteiger partial charge < -0.3 is 5.32 Å². The molecule has 2 aromatic heterocycles. The molecule has 0 aliphatic carbocycles. The molecule has 3 aromatic rings. The lowest BCUT2D eigenvalue weighted by atomic mass is 10.1. The third kappa shape index (κ3) is 3.04. The Morgan fingerprint density at radius 2 is 2.04 bits per heavy atom. The molecule has 23 heavy (non-hydrogen) atoms. The molecule has 0 fully saturated rings. The molecule has 0 aliphatic heterocycles. The topological polar surface area (TPSA) is 42.2 Å². The number of rotatable bonds is 4. The zero-order chi connectivity index (χ0) is 16.6. The van der Waals surface area contributed by atoms with Gasteiger partial charge in [-0.25, -0.2) is 4.98 Å². The molecule has 0 aliphatic rings. The fraction of sp³-hybridized carbons (Fsp3) is 0.333. The average molecular weight is 329 g/mol. The minimum Gasteiger partial charge on any atom is -0.367 e. The Labute approximate surface area is 141 Å². The number of fused-ring (bicyclic) bond motifs is 1. The van der Waals surface area contributed by atoms with Crippen LogP contribution in [0.15, 0.2) is 30.3 Å². The number of benzene rings is 1. The number of nitrogens with zero attached hydrogens (tertiary/aromatic N) is 3. The second-order valence-corrected chi connectivity index (χ2v) is 6.39. The predicted octanol–water partition coefficient (Wildman–Crippen LogP) is 4.88. The molecule has 0 spiro atoms. The van der Waals surface area contributed by atoms with Crippen LogP contribution in [-0.4, -0.2) is 20.6 Å². The molecular weight excluding hydrogens is 308 g/mol. The Bertz CT molecular complexity index is 854. The van der Waals surface area contributed by atoms with Crippen LogP contribution in [0.2, 0.25) is 5.02 Å². The van der Waals surface area contributed by atoms with E-state index in [4.69, 9.17) is 16.7 Å². The zero-order valence-corrected chi connectivity index (χ0v) is 14.6. The van der Waals surface area contributed by atoms with Crippen LogP contribution in [0.5, 0.6) is 0 Å². The molecule has 0 amide bonds. The summed E-state index contributed by atoms with van der Waals surface area (Å²) >= 11 is 6.13. The lowest BCUT2D eigenvalue weighted by Crippen LogP contribution is -2.16. The number of hydrogen-bond acceptors (Lipinski definition) is 3. The molecule has 1 N–H and O–H groups in total. The quantitative estimate of drug-likeness (QED) is 0.742. The van der Waals surface area contributed by atoms with Crippen molar-refractivity contribution in [1.82, 2.24) is 14.6 Å². The summed E-state index contributed by atoms with van der Waals surface area (Å²) in [6.45, 7) is 8.38. The third-order valence-corrected chi connectivity index (χ3v) is 4.29. The Morgan fingerprint density at radius 3 is 2.74 bits per heavy atom. The van der Waals surface area contributed by atoms with E-state index in [-0.39, 0.29) is 0 Å². The van der Waals surface area contributed by atoms with Crippen molar-refractivity contribution in [3.8, 4) is 11.3 Å². The summed E-state index contributed by atoms with van der Waals surface area (Å²) in [6.07, 6.45) is 1.05. The molecule has 0 bridgehead atoms. The first-order chi connectivity index (χ1) is 11.0. The van der Waals surface area contributed by atoms with E-state index in [0.717, 1.165) is 40.4 Å². The monoisotopic (exact) mass is 328 g/mol. The van der Waals surface area contributed by atoms with E-state index in [0.29, 0.717) is 11.1 Å². The van der Waals surface area contributed by atoms with Crippen molar-refractivity contribution >= 4 is 23.1 Å². The van der Waals surface area contributed by atoms with Crippen LogP contribution >= 0.6 is 11.6 Å². The third-order valence-electron chi connectivity index (χ3n) is 4.05. The van der Waals surface area contributed by atoms with Gasteiger partial charge in [-0.2, -0.15) is 9.61 Å². The molecule has 0 saturated carbocycles. The number of hydrogen-bond donors (Lipinski definition) is 1. The molecular formula is C18H21ClN4. The fourth-order valence-electron chi connectivity index (χ4n) is 2.61. The minimum atomic E-state index is 0.374. The van der Waals surface area contributed by atoms with Gasteiger partial charge >= 0.3 is 0 Å². The van der Waals surface area contributed by atoms with Crippen molar-refractivity contribution in [2.75, 3.05) is 5.32 Å². The van der Waals surface area contributed by atoms with Gasteiger partial charge in [-0.1, -0.05) is 30.7 Å². The van der Waals surface area contributed by atoms with Gasteiger partial charge in [0.15, 0.2) is 5.65 Å². The summed E-state index contributed by atoms with van der Waals surface area (Å²) < 4.78 is 1.89. The number of anilines is 1. The minimum absolute atomic E-state index is 0.374. The molecule has 0 radical (unpaired) electrons. The van der Waals surface area contributed by atoms with Crippen molar-refractivity contribution in [3.05, 3.63) is 46.6 Å². The van der Waals surface area contributed by atoms with Gasteiger partial charge in [0, 0.05) is 34.0 Å². The smallest absolute Gasteiger partial charge is 0.161 e.